The molecule has 1 heterocycles. The van der Waals surface area contributed by atoms with Gasteiger partial charge >= 0.3 is 0 Å². The molecule has 0 fully saturated rings. The molecule has 0 spiro atoms. The van der Waals surface area contributed by atoms with Gasteiger partial charge in [-0.25, -0.2) is 0 Å². The molecule has 0 saturated carbocycles. The van der Waals surface area contributed by atoms with Crippen LogP contribution in [0.2, 0.25) is 0 Å². The van der Waals surface area contributed by atoms with E-state index in [4.69, 9.17) is 0 Å². The molecule has 3 rings (SSSR count). The second kappa shape index (κ2) is 5.33. The molecule has 1 aliphatic carbocycles. The van der Waals surface area contributed by atoms with Crippen LogP contribution in [0, 0.1) is 0 Å². The second-order valence-corrected chi connectivity index (χ2v) is 7.51. The standard InChI is InChI=1S/C18H23NS/c1-4-5-8-14-10-11-15-16(13-14)20-18(2)12-7-6-9-17(18)19(15)3/h6-7,9-13,17H,4-5,8H2,1-3H3. The highest BCUT2D eigenvalue weighted by Crippen LogP contribution is 2.49. The number of hydrogen-bond donors (Lipinski definition) is 0. The van der Waals surface area contributed by atoms with Crippen LogP contribution in [0.1, 0.15) is 32.3 Å². The van der Waals surface area contributed by atoms with Crippen molar-refractivity contribution in [2.75, 3.05) is 11.9 Å². The summed E-state index contributed by atoms with van der Waals surface area (Å²) in [6.45, 7) is 4.60. The summed E-state index contributed by atoms with van der Waals surface area (Å²) in [5.74, 6) is 0. The molecule has 0 bridgehead atoms. The van der Waals surface area contributed by atoms with Crippen LogP contribution in [-0.2, 0) is 6.42 Å². The van der Waals surface area contributed by atoms with Crippen LogP contribution in [0.15, 0.2) is 47.4 Å². The minimum absolute atomic E-state index is 0.153. The lowest BCUT2D eigenvalue weighted by Crippen LogP contribution is -2.48. The highest BCUT2D eigenvalue weighted by atomic mass is 32.2. The van der Waals surface area contributed by atoms with Crippen molar-refractivity contribution in [3.8, 4) is 0 Å². The van der Waals surface area contributed by atoms with E-state index < -0.39 is 0 Å². The van der Waals surface area contributed by atoms with E-state index in [9.17, 15) is 0 Å². The van der Waals surface area contributed by atoms with Crippen LogP contribution in [0.4, 0.5) is 5.69 Å². The van der Waals surface area contributed by atoms with Crippen molar-refractivity contribution in [1.82, 2.24) is 0 Å². The molecule has 0 radical (unpaired) electrons. The monoisotopic (exact) mass is 285 g/mol. The van der Waals surface area contributed by atoms with Gasteiger partial charge in [0.05, 0.1) is 16.5 Å². The maximum atomic E-state index is 2.43. The number of anilines is 1. The highest BCUT2D eigenvalue weighted by molar-refractivity contribution is 8.01. The molecule has 2 atom stereocenters. The first-order chi connectivity index (χ1) is 9.64. The lowest BCUT2D eigenvalue weighted by atomic mass is 9.93. The summed E-state index contributed by atoms with van der Waals surface area (Å²) in [5.41, 5.74) is 2.85. The summed E-state index contributed by atoms with van der Waals surface area (Å²) in [4.78, 5) is 3.86. The van der Waals surface area contributed by atoms with E-state index in [1.54, 1.807) is 0 Å². The van der Waals surface area contributed by atoms with Crippen LogP contribution < -0.4 is 4.90 Å². The molecule has 1 aromatic rings. The van der Waals surface area contributed by atoms with Crippen LogP contribution in [0.3, 0.4) is 0 Å². The third kappa shape index (κ3) is 2.31. The smallest absolute Gasteiger partial charge is 0.0656 e. The first-order valence-electron chi connectivity index (χ1n) is 7.55. The molecule has 1 aromatic carbocycles. The topological polar surface area (TPSA) is 3.24 Å². The predicted molar refractivity (Wildman–Crippen MR) is 89.8 cm³/mol. The quantitative estimate of drug-likeness (QED) is 0.783. The Labute approximate surface area is 126 Å². The van der Waals surface area contributed by atoms with Crippen molar-refractivity contribution in [3.05, 3.63) is 48.1 Å². The molecule has 0 aromatic heterocycles. The van der Waals surface area contributed by atoms with Gasteiger partial charge in [0.15, 0.2) is 0 Å². The van der Waals surface area contributed by atoms with Gasteiger partial charge < -0.3 is 4.90 Å². The third-order valence-corrected chi connectivity index (χ3v) is 5.75. The Hall–Kier alpha value is -1.15. The van der Waals surface area contributed by atoms with Gasteiger partial charge in [-0.05, 0) is 37.5 Å². The Morgan fingerprint density at radius 1 is 1.30 bits per heavy atom. The first-order valence-corrected chi connectivity index (χ1v) is 8.36. The minimum atomic E-state index is 0.153. The van der Waals surface area contributed by atoms with Gasteiger partial charge in [-0.15, -0.1) is 11.8 Å². The Morgan fingerprint density at radius 3 is 2.95 bits per heavy atom. The molecule has 1 aliphatic heterocycles. The number of thioether (sulfide) groups is 1. The van der Waals surface area contributed by atoms with Gasteiger partial charge in [-0.3, -0.25) is 0 Å². The van der Waals surface area contributed by atoms with E-state index in [1.165, 1.54) is 35.4 Å². The van der Waals surface area contributed by atoms with Gasteiger partial charge in [0.2, 0.25) is 0 Å². The Kier molecular flexibility index (Phi) is 3.68. The van der Waals surface area contributed by atoms with Gasteiger partial charge in [0.25, 0.3) is 0 Å². The van der Waals surface area contributed by atoms with E-state index in [1.807, 2.05) is 11.8 Å². The van der Waals surface area contributed by atoms with Crippen LogP contribution in [-0.4, -0.2) is 17.8 Å². The molecular weight excluding hydrogens is 262 g/mol. The fourth-order valence-electron chi connectivity index (χ4n) is 3.17. The minimum Gasteiger partial charge on any atom is -0.366 e. The lowest BCUT2D eigenvalue weighted by Gasteiger charge is -2.46. The number of aryl methyl sites for hydroxylation is 1. The Balaban J connectivity index is 1.95. The van der Waals surface area contributed by atoms with Crippen molar-refractivity contribution < 1.29 is 0 Å². The lowest BCUT2D eigenvalue weighted by molar-refractivity contribution is 0.621. The van der Waals surface area contributed by atoms with Crippen molar-refractivity contribution in [2.45, 2.75) is 48.8 Å². The second-order valence-electron chi connectivity index (χ2n) is 5.99. The molecular formula is C18H23NS. The van der Waals surface area contributed by atoms with E-state index in [2.05, 4.69) is 68.3 Å². The molecule has 106 valence electrons. The molecule has 2 heteroatoms. The SMILES string of the molecule is CCCCc1ccc2c(c1)SC1(C)C=CC=CC1N2C. The molecule has 0 saturated heterocycles. The van der Waals surface area contributed by atoms with Gasteiger partial charge in [0.1, 0.15) is 0 Å². The van der Waals surface area contributed by atoms with Gasteiger partial charge in [0, 0.05) is 11.9 Å². The summed E-state index contributed by atoms with van der Waals surface area (Å²) < 4.78 is 0.153. The van der Waals surface area contributed by atoms with Crippen LogP contribution in [0.25, 0.3) is 0 Å². The third-order valence-electron chi connectivity index (χ3n) is 4.39. The number of benzene rings is 1. The largest absolute Gasteiger partial charge is 0.366 e. The number of unbranched alkanes of at least 4 members (excludes halogenated alkanes) is 1. The molecule has 20 heavy (non-hydrogen) atoms. The van der Waals surface area contributed by atoms with E-state index in [0.29, 0.717) is 6.04 Å². The molecule has 1 nitrogen and oxygen atoms in total. The molecule has 2 unspecified atom stereocenters. The number of allylic oxidation sites excluding steroid dienone is 2. The van der Waals surface area contributed by atoms with E-state index in [-0.39, 0.29) is 4.75 Å². The summed E-state index contributed by atoms with van der Waals surface area (Å²) in [7, 11) is 2.22. The zero-order valence-corrected chi connectivity index (χ0v) is 13.4. The van der Waals surface area contributed by atoms with Crippen molar-refractivity contribution >= 4 is 17.4 Å². The first kappa shape index (κ1) is 13.8. The Bertz CT molecular complexity index is 561. The van der Waals surface area contributed by atoms with Crippen molar-refractivity contribution in [1.29, 1.82) is 0 Å². The predicted octanol–water partition coefficient (Wildman–Crippen LogP) is 4.82. The summed E-state index contributed by atoms with van der Waals surface area (Å²) in [6.07, 6.45) is 12.8. The zero-order chi connectivity index (χ0) is 14.2. The van der Waals surface area contributed by atoms with E-state index in [0.717, 1.165) is 0 Å². The van der Waals surface area contributed by atoms with Crippen molar-refractivity contribution in [2.24, 2.45) is 0 Å². The van der Waals surface area contributed by atoms with Crippen molar-refractivity contribution in [3.63, 3.8) is 0 Å². The van der Waals surface area contributed by atoms with E-state index >= 15 is 0 Å². The van der Waals surface area contributed by atoms with Crippen LogP contribution >= 0.6 is 11.8 Å². The maximum Gasteiger partial charge on any atom is 0.0656 e. The zero-order valence-electron chi connectivity index (χ0n) is 12.6. The molecule has 0 N–H and O–H groups in total. The number of nitrogens with zero attached hydrogens (tertiary/aromatic N) is 1. The van der Waals surface area contributed by atoms with Gasteiger partial charge in [-0.2, -0.15) is 0 Å². The number of hydrogen-bond acceptors (Lipinski definition) is 2. The highest BCUT2D eigenvalue weighted by Gasteiger charge is 2.40. The number of rotatable bonds is 3. The average molecular weight is 285 g/mol. The summed E-state index contributed by atoms with van der Waals surface area (Å²) in [5, 5.41) is 0. The maximum absolute atomic E-state index is 2.43. The fraction of sp³-hybridized carbons (Fsp3) is 0.444. The summed E-state index contributed by atoms with van der Waals surface area (Å²) >= 11 is 2.01. The van der Waals surface area contributed by atoms with Gasteiger partial charge in [-0.1, -0.05) is 43.7 Å². The number of likely N-dealkylation sites (N-methyl/N-ethyl adjacent to an activating group) is 1. The Morgan fingerprint density at radius 2 is 2.15 bits per heavy atom. The number of fused-ring (bicyclic) bond motifs is 2. The summed E-state index contributed by atoms with van der Waals surface area (Å²) in [6, 6.07) is 7.46. The molecule has 0 amide bonds. The fourth-order valence-corrected chi connectivity index (χ4v) is 4.67. The average Bonchev–Trinajstić information content (AvgIpc) is 2.44. The van der Waals surface area contributed by atoms with Crippen LogP contribution in [0.5, 0.6) is 0 Å². The molecule has 2 aliphatic rings. The normalized spacial score (nSPS) is 27.4.